The first-order chi connectivity index (χ1) is 11.8. The van der Waals surface area contributed by atoms with E-state index in [2.05, 4.69) is 26.8 Å². The third-order valence-electron chi connectivity index (χ3n) is 5.46. The van der Waals surface area contributed by atoms with Crippen LogP contribution in [0.5, 0.6) is 0 Å². The second-order valence-corrected chi connectivity index (χ2v) is 8.41. The topological polar surface area (TPSA) is 39.7 Å². The molecule has 0 amide bonds. The first kappa shape index (κ1) is 23.3. The molecule has 4 nitrogen and oxygen atoms in total. The average Bonchev–Trinajstić information content (AvgIpc) is 2.63. The first-order valence-electron chi connectivity index (χ1n) is 10.00. The van der Waals surface area contributed by atoms with Crippen molar-refractivity contribution in [2.75, 3.05) is 45.2 Å². The lowest BCUT2D eigenvalue weighted by atomic mass is 9.88. The molecule has 0 aromatic rings. The summed E-state index contributed by atoms with van der Waals surface area (Å²) in [7, 11) is 1.88. The summed E-state index contributed by atoms with van der Waals surface area (Å²) in [5.41, 5.74) is 0. The summed E-state index contributed by atoms with van der Waals surface area (Å²) < 4.78 is 0. The molecule has 1 saturated heterocycles. The van der Waals surface area contributed by atoms with Gasteiger partial charge >= 0.3 is 0 Å². The molecular formula is C19H39IN4S. The fourth-order valence-corrected chi connectivity index (χ4v) is 4.45. The molecule has 0 bridgehead atoms. The average molecular weight is 483 g/mol. The van der Waals surface area contributed by atoms with Crippen molar-refractivity contribution in [1.82, 2.24) is 15.5 Å². The number of rotatable bonds is 8. The number of hydrogen-bond acceptors (Lipinski definition) is 3. The largest absolute Gasteiger partial charge is 0.356 e. The van der Waals surface area contributed by atoms with Gasteiger partial charge in [-0.15, -0.1) is 24.0 Å². The Morgan fingerprint density at radius 1 is 1.08 bits per heavy atom. The smallest absolute Gasteiger partial charge is 0.191 e. The number of nitrogens with one attached hydrogen (secondary N) is 2. The van der Waals surface area contributed by atoms with Gasteiger partial charge in [0, 0.05) is 39.3 Å². The van der Waals surface area contributed by atoms with Gasteiger partial charge in [-0.25, -0.2) is 0 Å². The summed E-state index contributed by atoms with van der Waals surface area (Å²) in [5, 5.41) is 7.10. The van der Waals surface area contributed by atoms with Crippen LogP contribution in [0.1, 0.15) is 57.8 Å². The van der Waals surface area contributed by atoms with Crippen LogP contribution in [0, 0.1) is 5.92 Å². The fourth-order valence-electron chi connectivity index (χ4n) is 3.96. The maximum absolute atomic E-state index is 4.39. The maximum atomic E-state index is 4.39. The van der Waals surface area contributed by atoms with Crippen LogP contribution in [-0.2, 0) is 0 Å². The number of unbranched alkanes of at least 4 members (excludes halogenated alkanes) is 1. The molecule has 2 rings (SSSR count). The summed E-state index contributed by atoms with van der Waals surface area (Å²) in [6.07, 6.45) is 14.5. The van der Waals surface area contributed by atoms with Crippen molar-refractivity contribution in [2.45, 2.75) is 63.8 Å². The van der Waals surface area contributed by atoms with E-state index in [1.807, 2.05) is 18.8 Å². The lowest BCUT2D eigenvalue weighted by molar-refractivity contribution is 0.160. The van der Waals surface area contributed by atoms with Gasteiger partial charge < -0.3 is 15.5 Å². The van der Waals surface area contributed by atoms with E-state index in [0.717, 1.165) is 18.4 Å². The van der Waals surface area contributed by atoms with E-state index in [4.69, 9.17) is 0 Å². The maximum Gasteiger partial charge on any atom is 0.191 e. The molecular weight excluding hydrogens is 443 g/mol. The van der Waals surface area contributed by atoms with E-state index in [1.54, 1.807) is 0 Å². The number of hydrogen-bond donors (Lipinski definition) is 2. The van der Waals surface area contributed by atoms with Gasteiger partial charge in [-0.3, -0.25) is 4.99 Å². The van der Waals surface area contributed by atoms with Gasteiger partial charge in [-0.05, 0) is 56.5 Å². The molecule has 1 aliphatic heterocycles. The highest BCUT2D eigenvalue weighted by Gasteiger charge is 2.23. The van der Waals surface area contributed by atoms with Crippen LogP contribution in [0.2, 0.25) is 0 Å². The molecule has 0 radical (unpaired) electrons. The van der Waals surface area contributed by atoms with Gasteiger partial charge in [0.25, 0.3) is 0 Å². The first-order valence-corrected chi connectivity index (χ1v) is 11.4. The Morgan fingerprint density at radius 3 is 2.44 bits per heavy atom. The molecule has 2 N–H and O–H groups in total. The van der Waals surface area contributed by atoms with Gasteiger partial charge in [0.05, 0.1) is 0 Å². The van der Waals surface area contributed by atoms with Gasteiger partial charge in [0.15, 0.2) is 5.96 Å². The number of thioether (sulfide) groups is 1. The lowest BCUT2D eigenvalue weighted by Crippen LogP contribution is -2.49. The fraction of sp³-hybridized carbons (Fsp3) is 0.947. The van der Waals surface area contributed by atoms with Crippen molar-refractivity contribution >= 4 is 41.7 Å². The molecule has 0 unspecified atom stereocenters. The van der Waals surface area contributed by atoms with Gasteiger partial charge in [-0.1, -0.05) is 19.3 Å². The Labute approximate surface area is 176 Å². The third kappa shape index (κ3) is 9.70. The number of nitrogens with zero attached hydrogens (tertiary/aromatic N) is 2. The van der Waals surface area contributed by atoms with E-state index in [9.17, 15) is 0 Å². The molecule has 6 heteroatoms. The van der Waals surface area contributed by atoms with Crippen LogP contribution >= 0.6 is 35.7 Å². The van der Waals surface area contributed by atoms with E-state index < -0.39 is 0 Å². The molecule has 2 fully saturated rings. The normalized spacial score (nSPS) is 21.0. The Bertz CT molecular complexity index is 353. The summed E-state index contributed by atoms with van der Waals surface area (Å²) in [6, 6.07) is 0.588. The molecule has 0 aromatic carbocycles. The van der Waals surface area contributed by atoms with Crippen LogP contribution in [-0.4, -0.2) is 62.1 Å². The van der Waals surface area contributed by atoms with Gasteiger partial charge in [0.2, 0.25) is 0 Å². The summed E-state index contributed by atoms with van der Waals surface area (Å²) in [4.78, 5) is 7.09. The minimum absolute atomic E-state index is 0. The summed E-state index contributed by atoms with van der Waals surface area (Å²) in [6.45, 7) is 4.87. The SMILES string of the molecule is CN=C(NCCCCSC)NC1CCN(CC2CCCCC2)CC1.I. The van der Waals surface area contributed by atoms with Crippen LogP contribution in [0.3, 0.4) is 0 Å². The van der Waals surface area contributed by atoms with E-state index >= 15 is 0 Å². The minimum atomic E-state index is 0. The van der Waals surface area contributed by atoms with E-state index in [1.165, 1.54) is 83.2 Å². The van der Waals surface area contributed by atoms with Crippen molar-refractivity contribution in [2.24, 2.45) is 10.9 Å². The van der Waals surface area contributed by atoms with Crippen LogP contribution < -0.4 is 10.6 Å². The molecule has 2 aliphatic rings. The third-order valence-corrected chi connectivity index (χ3v) is 6.16. The van der Waals surface area contributed by atoms with Gasteiger partial charge in [-0.2, -0.15) is 11.8 Å². The molecule has 25 heavy (non-hydrogen) atoms. The predicted molar refractivity (Wildman–Crippen MR) is 124 cm³/mol. The Kier molecular flexibility index (Phi) is 13.4. The van der Waals surface area contributed by atoms with Crippen molar-refractivity contribution in [1.29, 1.82) is 0 Å². The van der Waals surface area contributed by atoms with Crippen molar-refractivity contribution in [3.05, 3.63) is 0 Å². The van der Waals surface area contributed by atoms with E-state index in [-0.39, 0.29) is 24.0 Å². The number of likely N-dealkylation sites (tertiary alicyclic amines) is 1. The zero-order valence-corrected chi connectivity index (χ0v) is 19.4. The highest BCUT2D eigenvalue weighted by Crippen LogP contribution is 2.25. The Morgan fingerprint density at radius 2 is 1.80 bits per heavy atom. The molecule has 148 valence electrons. The molecule has 0 atom stereocenters. The monoisotopic (exact) mass is 482 g/mol. The summed E-state index contributed by atoms with van der Waals surface area (Å²) >= 11 is 1.93. The zero-order valence-electron chi connectivity index (χ0n) is 16.3. The zero-order chi connectivity index (χ0) is 17.0. The van der Waals surface area contributed by atoms with Crippen molar-refractivity contribution < 1.29 is 0 Å². The molecule has 1 heterocycles. The number of halogens is 1. The van der Waals surface area contributed by atoms with Crippen molar-refractivity contribution in [3.63, 3.8) is 0 Å². The molecule has 1 aliphatic carbocycles. The highest BCUT2D eigenvalue weighted by atomic mass is 127. The summed E-state index contributed by atoms with van der Waals surface area (Å²) in [5.74, 6) is 3.22. The second kappa shape index (κ2) is 14.4. The van der Waals surface area contributed by atoms with E-state index in [0.29, 0.717) is 6.04 Å². The minimum Gasteiger partial charge on any atom is -0.356 e. The van der Waals surface area contributed by atoms with Crippen LogP contribution in [0.15, 0.2) is 4.99 Å². The predicted octanol–water partition coefficient (Wildman–Crippen LogP) is 3.96. The molecule has 0 aromatic heterocycles. The second-order valence-electron chi connectivity index (χ2n) is 7.42. The number of aliphatic imine (C=N–C) groups is 1. The quantitative estimate of drug-likeness (QED) is 0.238. The Hall–Kier alpha value is 0.310. The Balaban J connectivity index is 0.00000312. The van der Waals surface area contributed by atoms with Gasteiger partial charge in [0.1, 0.15) is 0 Å². The molecule has 1 saturated carbocycles. The highest BCUT2D eigenvalue weighted by molar-refractivity contribution is 14.0. The number of piperidine rings is 1. The lowest BCUT2D eigenvalue weighted by Gasteiger charge is -2.36. The van der Waals surface area contributed by atoms with Crippen molar-refractivity contribution in [3.8, 4) is 0 Å². The standard InChI is InChI=1S/C19H38N4S.HI/c1-20-19(21-12-6-7-15-24-2)22-18-10-13-23(14-11-18)16-17-8-4-3-5-9-17;/h17-18H,3-16H2,1-2H3,(H2,20,21,22);1H. The molecule has 0 spiro atoms. The van der Waals surface area contributed by atoms with Crippen LogP contribution in [0.25, 0.3) is 0 Å². The number of guanidine groups is 1. The van der Waals surface area contributed by atoms with Crippen LogP contribution in [0.4, 0.5) is 0 Å².